The van der Waals surface area contributed by atoms with Gasteiger partial charge in [-0.15, -0.1) is 0 Å². The van der Waals surface area contributed by atoms with Crippen molar-refractivity contribution in [3.05, 3.63) is 35.4 Å². The Morgan fingerprint density at radius 3 is 2.61 bits per heavy atom. The van der Waals surface area contributed by atoms with E-state index < -0.39 is 0 Å². The Balaban J connectivity index is 2.29. The molecule has 0 unspecified atom stereocenters. The second-order valence-electron chi connectivity index (χ2n) is 4.98. The second-order valence-corrected chi connectivity index (χ2v) is 4.98. The largest absolute Gasteiger partial charge is 0.356 e. The highest BCUT2D eigenvalue weighted by Gasteiger charge is 2.06. The van der Waals surface area contributed by atoms with E-state index in [1.165, 1.54) is 11.1 Å². The summed E-state index contributed by atoms with van der Waals surface area (Å²) in [7, 11) is 0. The number of hydrogen-bond donors (Lipinski definition) is 1. The zero-order chi connectivity index (χ0) is 13.4. The molecule has 1 aromatic carbocycles. The predicted molar refractivity (Wildman–Crippen MR) is 76.6 cm³/mol. The van der Waals surface area contributed by atoms with Crippen molar-refractivity contribution >= 4 is 5.91 Å². The topological polar surface area (TPSA) is 29.1 Å². The molecule has 1 aromatic rings. The summed E-state index contributed by atoms with van der Waals surface area (Å²) < 4.78 is 0. The summed E-state index contributed by atoms with van der Waals surface area (Å²) in [6.07, 6.45) is 3.68. The molecule has 0 radical (unpaired) electrons. The highest BCUT2D eigenvalue weighted by molar-refractivity contribution is 5.76. The van der Waals surface area contributed by atoms with E-state index in [1.807, 2.05) is 6.07 Å². The lowest BCUT2D eigenvalue weighted by Gasteiger charge is -2.13. The number of rotatable bonds is 7. The maximum atomic E-state index is 11.7. The SMILES string of the molecule is CCC(CC)CNC(=O)CCc1cccc(C)c1. The number of hydrogen-bond acceptors (Lipinski definition) is 1. The van der Waals surface area contributed by atoms with E-state index in [1.54, 1.807) is 0 Å². The van der Waals surface area contributed by atoms with Crippen molar-refractivity contribution in [3.63, 3.8) is 0 Å². The van der Waals surface area contributed by atoms with Crippen LogP contribution in [0.15, 0.2) is 24.3 Å². The lowest BCUT2D eigenvalue weighted by Crippen LogP contribution is -2.29. The minimum Gasteiger partial charge on any atom is -0.356 e. The van der Waals surface area contributed by atoms with Crippen LogP contribution in [-0.4, -0.2) is 12.5 Å². The van der Waals surface area contributed by atoms with Crippen molar-refractivity contribution in [2.24, 2.45) is 5.92 Å². The van der Waals surface area contributed by atoms with Gasteiger partial charge < -0.3 is 5.32 Å². The lowest BCUT2D eigenvalue weighted by atomic mass is 10.0. The zero-order valence-electron chi connectivity index (χ0n) is 11.8. The van der Waals surface area contributed by atoms with E-state index in [0.29, 0.717) is 12.3 Å². The molecule has 0 aliphatic heterocycles. The third-order valence-corrected chi connectivity index (χ3v) is 3.47. The molecule has 0 saturated carbocycles. The van der Waals surface area contributed by atoms with Crippen molar-refractivity contribution in [2.45, 2.75) is 46.5 Å². The molecule has 18 heavy (non-hydrogen) atoms. The Labute approximate surface area is 111 Å². The molecule has 100 valence electrons. The molecular formula is C16H25NO. The standard InChI is InChI=1S/C16H25NO/c1-4-14(5-2)12-17-16(18)10-9-15-8-6-7-13(3)11-15/h6-8,11,14H,4-5,9-10,12H2,1-3H3,(H,17,18). The second kappa shape index (κ2) is 7.91. The van der Waals surface area contributed by atoms with Crippen LogP contribution in [0.25, 0.3) is 0 Å². The van der Waals surface area contributed by atoms with Crippen LogP contribution in [0.1, 0.15) is 44.2 Å². The van der Waals surface area contributed by atoms with Gasteiger partial charge in [0, 0.05) is 13.0 Å². The third-order valence-electron chi connectivity index (χ3n) is 3.47. The summed E-state index contributed by atoms with van der Waals surface area (Å²) in [5, 5.41) is 3.03. The first kappa shape index (κ1) is 14.7. The fourth-order valence-electron chi connectivity index (χ4n) is 2.05. The van der Waals surface area contributed by atoms with Gasteiger partial charge >= 0.3 is 0 Å². The lowest BCUT2D eigenvalue weighted by molar-refractivity contribution is -0.121. The van der Waals surface area contributed by atoms with Crippen LogP contribution in [0.2, 0.25) is 0 Å². The first-order valence-electron chi connectivity index (χ1n) is 6.98. The summed E-state index contributed by atoms with van der Waals surface area (Å²) in [6.45, 7) is 7.25. The van der Waals surface area contributed by atoms with Crippen molar-refractivity contribution in [3.8, 4) is 0 Å². The minimum atomic E-state index is 0.170. The molecule has 0 aliphatic carbocycles. The van der Waals surface area contributed by atoms with Crippen molar-refractivity contribution < 1.29 is 4.79 Å². The Bertz CT molecular complexity index is 369. The van der Waals surface area contributed by atoms with E-state index in [-0.39, 0.29) is 5.91 Å². The molecular weight excluding hydrogens is 222 g/mol. The molecule has 0 aliphatic rings. The third kappa shape index (κ3) is 5.35. The van der Waals surface area contributed by atoms with Gasteiger partial charge in [0.1, 0.15) is 0 Å². The van der Waals surface area contributed by atoms with Crippen molar-refractivity contribution in [2.75, 3.05) is 6.54 Å². The summed E-state index contributed by atoms with van der Waals surface area (Å²) in [6, 6.07) is 8.36. The van der Waals surface area contributed by atoms with Crippen LogP contribution in [0.4, 0.5) is 0 Å². The predicted octanol–water partition coefficient (Wildman–Crippen LogP) is 3.48. The van der Waals surface area contributed by atoms with Crippen LogP contribution in [0.5, 0.6) is 0 Å². The number of aryl methyl sites for hydroxylation is 2. The van der Waals surface area contributed by atoms with Gasteiger partial charge in [0.25, 0.3) is 0 Å². The Morgan fingerprint density at radius 1 is 1.28 bits per heavy atom. The number of nitrogens with one attached hydrogen (secondary N) is 1. The number of benzene rings is 1. The van der Waals surface area contributed by atoms with Gasteiger partial charge in [-0.05, 0) is 24.8 Å². The Hall–Kier alpha value is -1.31. The molecule has 0 fully saturated rings. The van der Waals surface area contributed by atoms with Gasteiger partial charge in [-0.3, -0.25) is 4.79 Å². The highest BCUT2D eigenvalue weighted by atomic mass is 16.1. The molecule has 0 atom stereocenters. The molecule has 1 amide bonds. The first-order chi connectivity index (χ1) is 8.65. The number of carbonyl (C=O) groups is 1. The minimum absolute atomic E-state index is 0.170. The Morgan fingerprint density at radius 2 is 2.00 bits per heavy atom. The molecule has 1 N–H and O–H groups in total. The highest BCUT2D eigenvalue weighted by Crippen LogP contribution is 2.07. The van der Waals surface area contributed by atoms with Crippen LogP contribution < -0.4 is 5.32 Å². The van der Waals surface area contributed by atoms with E-state index in [0.717, 1.165) is 25.8 Å². The number of amides is 1. The van der Waals surface area contributed by atoms with E-state index in [4.69, 9.17) is 0 Å². The summed E-state index contributed by atoms with van der Waals surface area (Å²) in [5.41, 5.74) is 2.50. The van der Waals surface area contributed by atoms with Gasteiger partial charge in [-0.1, -0.05) is 56.5 Å². The van der Waals surface area contributed by atoms with E-state index in [9.17, 15) is 4.79 Å². The maximum Gasteiger partial charge on any atom is 0.220 e. The van der Waals surface area contributed by atoms with Gasteiger partial charge in [0.15, 0.2) is 0 Å². The molecule has 2 heteroatoms. The van der Waals surface area contributed by atoms with Crippen LogP contribution >= 0.6 is 0 Å². The normalized spacial score (nSPS) is 10.7. The van der Waals surface area contributed by atoms with Gasteiger partial charge in [0.05, 0.1) is 0 Å². The van der Waals surface area contributed by atoms with Gasteiger partial charge in [-0.25, -0.2) is 0 Å². The fourth-order valence-corrected chi connectivity index (χ4v) is 2.05. The summed E-state index contributed by atoms with van der Waals surface area (Å²) in [5.74, 6) is 0.788. The molecule has 0 heterocycles. The van der Waals surface area contributed by atoms with E-state index in [2.05, 4.69) is 44.3 Å². The first-order valence-corrected chi connectivity index (χ1v) is 6.98. The van der Waals surface area contributed by atoms with Crippen LogP contribution in [0, 0.1) is 12.8 Å². The summed E-state index contributed by atoms with van der Waals surface area (Å²) in [4.78, 5) is 11.7. The molecule has 0 spiro atoms. The molecule has 0 aromatic heterocycles. The molecule has 0 bridgehead atoms. The number of carbonyl (C=O) groups excluding carboxylic acids is 1. The maximum absolute atomic E-state index is 11.7. The average Bonchev–Trinajstić information content (AvgIpc) is 2.37. The van der Waals surface area contributed by atoms with E-state index >= 15 is 0 Å². The van der Waals surface area contributed by atoms with Gasteiger partial charge in [0.2, 0.25) is 5.91 Å². The fraction of sp³-hybridized carbons (Fsp3) is 0.562. The Kier molecular flexibility index (Phi) is 6.48. The van der Waals surface area contributed by atoms with Crippen LogP contribution in [0.3, 0.4) is 0 Å². The zero-order valence-corrected chi connectivity index (χ0v) is 11.8. The van der Waals surface area contributed by atoms with Crippen LogP contribution in [-0.2, 0) is 11.2 Å². The van der Waals surface area contributed by atoms with Gasteiger partial charge in [-0.2, -0.15) is 0 Å². The average molecular weight is 247 g/mol. The quantitative estimate of drug-likeness (QED) is 0.785. The molecule has 0 saturated heterocycles. The molecule has 1 rings (SSSR count). The van der Waals surface area contributed by atoms with Crippen molar-refractivity contribution in [1.82, 2.24) is 5.32 Å². The van der Waals surface area contributed by atoms with Crippen molar-refractivity contribution in [1.29, 1.82) is 0 Å². The smallest absolute Gasteiger partial charge is 0.220 e. The summed E-state index contributed by atoms with van der Waals surface area (Å²) >= 11 is 0. The monoisotopic (exact) mass is 247 g/mol. The molecule has 2 nitrogen and oxygen atoms in total.